The molecule has 8 heteroatoms. The predicted molar refractivity (Wildman–Crippen MR) is 87.1 cm³/mol. The highest BCUT2D eigenvalue weighted by molar-refractivity contribution is 14.1. The number of nitrogens with zero attached hydrogens (tertiary/aromatic N) is 2. The third-order valence-electron chi connectivity index (χ3n) is 3.78. The Hall–Kier alpha value is -1.29. The normalized spacial score (nSPS) is 17.8. The third kappa shape index (κ3) is 4.17. The smallest absolute Gasteiger partial charge is 0.406 e. The molecule has 0 amide bonds. The van der Waals surface area contributed by atoms with Crippen LogP contribution in [0.4, 0.5) is 13.2 Å². The van der Waals surface area contributed by atoms with Gasteiger partial charge in [0.05, 0.1) is 18.1 Å². The zero-order chi connectivity index (χ0) is 16.4. The van der Waals surface area contributed by atoms with Crippen molar-refractivity contribution in [1.82, 2.24) is 14.9 Å². The molecule has 0 spiro atoms. The molecule has 0 fully saturated rings. The van der Waals surface area contributed by atoms with Crippen LogP contribution in [-0.2, 0) is 13.0 Å². The minimum Gasteiger partial charge on any atom is -0.406 e. The first kappa shape index (κ1) is 16.6. The summed E-state index contributed by atoms with van der Waals surface area (Å²) in [5.74, 6) is -0.190. The minimum absolute atomic E-state index is 0.190. The van der Waals surface area contributed by atoms with Gasteiger partial charge in [-0.1, -0.05) is 12.1 Å². The van der Waals surface area contributed by atoms with Gasteiger partial charge < -0.3 is 14.6 Å². The van der Waals surface area contributed by atoms with E-state index in [1.807, 2.05) is 6.33 Å². The molecule has 1 atom stereocenters. The molecule has 1 unspecified atom stereocenters. The molecule has 0 saturated carbocycles. The maximum absolute atomic E-state index is 12.1. The summed E-state index contributed by atoms with van der Waals surface area (Å²) in [5, 5.41) is 3.48. The van der Waals surface area contributed by atoms with Crippen LogP contribution in [0.5, 0.6) is 5.75 Å². The van der Waals surface area contributed by atoms with Crippen molar-refractivity contribution < 1.29 is 17.9 Å². The summed E-state index contributed by atoms with van der Waals surface area (Å²) in [4.78, 5) is 4.34. The highest BCUT2D eigenvalue weighted by Crippen LogP contribution is 2.27. The lowest BCUT2D eigenvalue weighted by Gasteiger charge is -2.26. The van der Waals surface area contributed by atoms with E-state index in [1.54, 1.807) is 12.1 Å². The number of rotatable bonds is 4. The molecule has 0 radical (unpaired) electrons. The number of ether oxygens (including phenoxy) is 1. The standard InChI is InChI=1S/C15H15F3IN3O/c16-15(17,18)23-11-4-1-10(2-5-11)3-6-12-13-14(19)21-9-22(13)8-7-20-12/h1-2,4-5,9,12,20H,3,6-8H2. The topological polar surface area (TPSA) is 39.1 Å². The van der Waals surface area contributed by atoms with E-state index in [9.17, 15) is 13.2 Å². The summed E-state index contributed by atoms with van der Waals surface area (Å²) >= 11 is 2.23. The average Bonchev–Trinajstić information content (AvgIpc) is 2.87. The van der Waals surface area contributed by atoms with Crippen LogP contribution in [0.3, 0.4) is 0 Å². The lowest BCUT2D eigenvalue weighted by atomic mass is 10.0. The fraction of sp³-hybridized carbons (Fsp3) is 0.400. The molecule has 1 aliphatic rings. The molecule has 1 aromatic heterocycles. The number of nitrogens with one attached hydrogen (secondary N) is 1. The molecule has 23 heavy (non-hydrogen) atoms. The van der Waals surface area contributed by atoms with Gasteiger partial charge in [-0.2, -0.15) is 0 Å². The van der Waals surface area contributed by atoms with Crippen LogP contribution in [0.25, 0.3) is 0 Å². The molecule has 3 rings (SSSR count). The van der Waals surface area contributed by atoms with Gasteiger partial charge in [0.25, 0.3) is 0 Å². The maximum Gasteiger partial charge on any atom is 0.573 e. The van der Waals surface area contributed by atoms with Gasteiger partial charge in [-0.05, 0) is 53.1 Å². The number of alkyl halides is 3. The summed E-state index contributed by atoms with van der Waals surface area (Å²) in [6.07, 6.45) is -1.16. The van der Waals surface area contributed by atoms with E-state index >= 15 is 0 Å². The molecule has 1 aromatic carbocycles. The summed E-state index contributed by atoms with van der Waals surface area (Å²) in [7, 11) is 0. The van der Waals surface area contributed by atoms with E-state index in [0.29, 0.717) is 0 Å². The fourth-order valence-electron chi connectivity index (χ4n) is 2.75. The SMILES string of the molecule is FC(F)(F)Oc1ccc(CCC2NCCn3cnc(I)c32)cc1. The number of halogens is 4. The van der Waals surface area contributed by atoms with Crippen LogP contribution in [0, 0.1) is 3.70 Å². The summed E-state index contributed by atoms with van der Waals surface area (Å²) in [5.41, 5.74) is 2.17. The predicted octanol–water partition coefficient (Wildman–Crippen LogP) is 3.66. The number of fused-ring (bicyclic) bond motifs is 1. The van der Waals surface area contributed by atoms with Crippen LogP contribution < -0.4 is 10.1 Å². The second kappa shape index (κ2) is 6.68. The van der Waals surface area contributed by atoms with Gasteiger partial charge in [0, 0.05) is 13.1 Å². The molecule has 1 aliphatic heterocycles. The second-order valence-corrected chi connectivity index (χ2v) is 6.37. The number of aromatic nitrogens is 2. The van der Waals surface area contributed by atoms with Crippen molar-refractivity contribution in [2.75, 3.05) is 6.54 Å². The van der Waals surface area contributed by atoms with Gasteiger partial charge in [0.2, 0.25) is 0 Å². The summed E-state index contributed by atoms with van der Waals surface area (Å²) in [6, 6.07) is 6.26. The Morgan fingerprint density at radius 1 is 1.30 bits per heavy atom. The number of hydrogen-bond donors (Lipinski definition) is 1. The van der Waals surface area contributed by atoms with E-state index in [0.717, 1.165) is 35.2 Å². The molecule has 0 bridgehead atoms. The van der Waals surface area contributed by atoms with Crippen LogP contribution in [0.2, 0.25) is 0 Å². The highest BCUT2D eigenvalue weighted by atomic mass is 127. The highest BCUT2D eigenvalue weighted by Gasteiger charge is 2.31. The molecule has 0 aliphatic carbocycles. The Bertz CT molecular complexity index is 670. The Kier molecular flexibility index (Phi) is 4.81. The Morgan fingerprint density at radius 3 is 2.74 bits per heavy atom. The fourth-order valence-corrected chi connectivity index (χ4v) is 3.56. The molecule has 2 heterocycles. The van der Waals surface area contributed by atoms with Crippen LogP contribution in [0.15, 0.2) is 30.6 Å². The maximum atomic E-state index is 12.1. The van der Waals surface area contributed by atoms with Crippen LogP contribution in [-0.4, -0.2) is 22.5 Å². The largest absolute Gasteiger partial charge is 0.573 e. The van der Waals surface area contributed by atoms with Crippen molar-refractivity contribution >= 4 is 22.6 Å². The van der Waals surface area contributed by atoms with E-state index in [4.69, 9.17) is 0 Å². The number of imidazole rings is 1. The Labute approximate surface area is 145 Å². The minimum atomic E-state index is -4.65. The third-order valence-corrected chi connectivity index (χ3v) is 4.61. The Morgan fingerprint density at radius 2 is 2.04 bits per heavy atom. The van der Waals surface area contributed by atoms with Gasteiger partial charge in [-0.15, -0.1) is 13.2 Å². The van der Waals surface area contributed by atoms with Gasteiger partial charge >= 0.3 is 6.36 Å². The Balaban J connectivity index is 1.62. The average molecular weight is 437 g/mol. The molecule has 4 nitrogen and oxygen atoms in total. The molecular weight excluding hydrogens is 422 g/mol. The summed E-state index contributed by atoms with van der Waals surface area (Å²) in [6.45, 7) is 1.80. The number of benzene rings is 1. The lowest BCUT2D eigenvalue weighted by Crippen LogP contribution is -2.33. The zero-order valence-electron chi connectivity index (χ0n) is 12.1. The lowest BCUT2D eigenvalue weighted by molar-refractivity contribution is -0.274. The van der Waals surface area contributed by atoms with Crippen molar-refractivity contribution in [2.45, 2.75) is 31.8 Å². The zero-order valence-corrected chi connectivity index (χ0v) is 14.3. The molecular formula is C15H15F3IN3O. The summed E-state index contributed by atoms with van der Waals surface area (Å²) < 4.78 is 43.5. The van der Waals surface area contributed by atoms with E-state index in [2.05, 4.69) is 42.2 Å². The van der Waals surface area contributed by atoms with E-state index < -0.39 is 6.36 Å². The van der Waals surface area contributed by atoms with Gasteiger partial charge in [-0.25, -0.2) is 4.98 Å². The first-order valence-electron chi connectivity index (χ1n) is 7.21. The van der Waals surface area contributed by atoms with E-state index in [-0.39, 0.29) is 11.8 Å². The van der Waals surface area contributed by atoms with Crippen molar-refractivity contribution in [3.05, 3.63) is 45.6 Å². The molecule has 1 N–H and O–H groups in total. The van der Waals surface area contributed by atoms with Crippen molar-refractivity contribution in [3.63, 3.8) is 0 Å². The molecule has 0 saturated heterocycles. The number of aryl methyl sites for hydroxylation is 1. The number of hydrogen-bond acceptors (Lipinski definition) is 3. The van der Waals surface area contributed by atoms with Gasteiger partial charge in [-0.3, -0.25) is 0 Å². The first-order chi connectivity index (χ1) is 10.9. The molecule has 124 valence electrons. The van der Waals surface area contributed by atoms with Crippen molar-refractivity contribution in [2.24, 2.45) is 0 Å². The van der Waals surface area contributed by atoms with Crippen LogP contribution in [0.1, 0.15) is 23.7 Å². The first-order valence-corrected chi connectivity index (χ1v) is 8.29. The van der Waals surface area contributed by atoms with Gasteiger partial charge in [0.15, 0.2) is 0 Å². The monoisotopic (exact) mass is 437 g/mol. The van der Waals surface area contributed by atoms with Crippen molar-refractivity contribution in [1.29, 1.82) is 0 Å². The molecule has 2 aromatic rings. The van der Waals surface area contributed by atoms with Gasteiger partial charge in [0.1, 0.15) is 9.45 Å². The van der Waals surface area contributed by atoms with Crippen LogP contribution >= 0.6 is 22.6 Å². The quantitative estimate of drug-likeness (QED) is 0.743. The van der Waals surface area contributed by atoms with Crippen molar-refractivity contribution in [3.8, 4) is 5.75 Å². The second-order valence-electron chi connectivity index (χ2n) is 5.35. The van der Waals surface area contributed by atoms with E-state index in [1.165, 1.54) is 17.8 Å².